The summed E-state index contributed by atoms with van der Waals surface area (Å²) in [6.45, 7) is 1.02. The largest absolute Gasteiger partial charge is 0.482 e. The van der Waals surface area contributed by atoms with Crippen LogP contribution in [0.15, 0.2) is 12.1 Å². The van der Waals surface area contributed by atoms with E-state index in [0.717, 1.165) is 30.8 Å². The van der Waals surface area contributed by atoms with Gasteiger partial charge in [0.05, 0.1) is 5.69 Å². The minimum Gasteiger partial charge on any atom is -0.482 e. The zero-order chi connectivity index (χ0) is 10.4. The van der Waals surface area contributed by atoms with E-state index in [-0.39, 0.29) is 12.5 Å². The van der Waals surface area contributed by atoms with Crippen LogP contribution in [0.2, 0.25) is 0 Å². The Morgan fingerprint density at radius 2 is 2.27 bits per heavy atom. The van der Waals surface area contributed by atoms with Gasteiger partial charge in [0.2, 0.25) is 0 Å². The smallest absolute Gasteiger partial charge is 0.265 e. The summed E-state index contributed by atoms with van der Waals surface area (Å²) in [4.78, 5) is 13.6. The highest BCUT2D eigenvalue weighted by atomic mass is 127. The van der Waals surface area contributed by atoms with Crippen LogP contribution in [0.5, 0.6) is 5.75 Å². The van der Waals surface area contributed by atoms with E-state index in [1.54, 1.807) is 0 Å². The van der Waals surface area contributed by atoms with Crippen LogP contribution in [0, 0.1) is 3.57 Å². The molecule has 0 fully saturated rings. The molecule has 2 aliphatic heterocycles. The van der Waals surface area contributed by atoms with Gasteiger partial charge in [0.15, 0.2) is 6.61 Å². The van der Waals surface area contributed by atoms with Crippen LogP contribution in [0.1, 0.15) is 12.0 Å². The Bertz CT molecular complexity index is 444. The molecule has 0 N–H and O–H groups in total. The third-order valence-corrected chi connectivity index (χ3v) is 3.93. The fourth-order valence-corrected chi connectivity index (χ4v) is 2.94. The minimum atomic E-state index is 0.0884. The lowest BCUT2D eigenvalue weighted by Crippen LogP contribution is -2.42. The van der Waals surface area contributed by atoms with Crippen molar-refractivity contribution in [2.45, 2.75) is 12.8 Å². The zero-order valence-electron chi connectivity index (χ0n) is 8.12. The first kappa shape index (κ1) is 9.45. The average Bonchev–Trinajstić information content (AvgIpc) is 2.27. The Morgan fingerprint density at radius 3 is 3.13 bits per heavy atom. The number of carbonyl (C=O) groups excluding carboxylic acids is 1. The molecule has 2 aliphatic rings. The van der Waals surface area contributed by atoms with Crippen molar-refractivity contribution in [3.8, 4) is 5.75 Å². The van der Waals surface area contributed by atoms with Crippen molar-refractivity contribution in [1.29, 1.82) is 0 Å². The highest BCUT2D eigenvalue weighted by Crippen LogP contribution is 2.40. The highest BCUT2D eigenvalue weighted by Gasteiger charge is 2.31. The van der Waals surface area contributed by atoms with Crippen molar-refractivity contribution in [2.24, 2.45) is 0 Å². The van der Waals surface area contributed by atoms with Gasteiger partial charge < -0.3 is 9.64 Å². The summed E-state index contributed by atoms with van der Waals surface area (Å²) < 4.78 is 6.67. The Kier molecular flexibility index (Phi) is 2.12. The van der Waals surface area contributed by atoms with E-state index in [1.165, 1.54) is 9.13 Å². The second-order valence-electron chi connectivity index (χ2n) is 3.81. The summed E-state index contributed by atoms with van der Waals surface area (Å²) in [5.41, 5.74) is 2.29. The van der Waals surface area contributed by atoms with Gasteiger partial charge in [-0.25, -0.2) is 0 Å². The molecule has 78 valence electrons. The molecule has 3 nitrogen and oxygen atoms in total. The third-order valence-electron chi connectivity index (χ3n) is 2.92. The lowest BCUT2D eigenvalue weighted by Gasteiger charge is -2.35. The van der Waals surface area contributed by atoms with E-state index >= 15 is 0 Å². The number of amides is 1. The number of carbonyl (C=O) groups is 1. The number of ether oxygens (including phenoxy) is 1. The number of halogens is 1. The number of rotatable bonds is 0. The van der Waals surface area contributed by atoms with E-state index in [0.29, 0.717) is 0 Å². The first-order valence-electron chi connectivity index (χ1n) is 5.02. The van der Waals surface area contributed by atoms with E-state index in [4.69, 9.17) is 4.74 Å². The average molecular weight is 315 g/mol. The topological polar surface area (TPSA) is 29.5 Å². The van der Waals surface area contributed by atoms with Crippen molar-refractivity contribution in [1.82, 2.24) is 0 Å². The predicted octanol–water partition coefficient (Wildman–Crippen LogP) is 1.96. The lowest BCUT2D eigenvalue weighted by molar-refractivity contribution is -0.121. The molecule has 2 heterocycles. The lowest BCUT2D eigenvalue weighted by atomic mass is 10.00. The Balaban J connectivity index is 2.25. The second kappa shape index (κ2) is 3.37. The van der Waals surface area contributed by atoms with Crippen LogP contribution in [0.4, 0.5) is 5.69 Å². The SMILES string of the molecule is O=C1COc2ccc(I)c3c2N1CCC3. The summed E-state index contributed by atoms with van der Waals surface area (Å²) in [7, 11) is 0. The number of benzene rings is 1. The van der Waals surface area contributed by atoms with E-state index < -0.39 is 0 Å². The molecular weight excluding hydrogens is 305 g/mol. The Labute approximate surface area is 102 Å². The quantitative estimate of drug-likeness (QED) is 0.685. The Morgan fingerprint density at radius 1 is 1.40 bits per heavy atom. The molecule has 0 unspecified atom stereocenters. The van der Waals surface area contributed by atoms with Crippen LogP contribution < -0.4 is 9.64 Å². The van der Waals surface area contributed by atoms with Crippen LogP contribution >= 0.6 is 22.6 Å². The number of anilines is 1. The number of hydrogen-bond donors (Lipinski definition) is 0. The second-order valence-corrected chi connectivity index (χ2v) is 4.97. The maximum Gasteiger partial charge on any atom is 0.265 e. The monoisotopic (exact) mass is 315 g/mol. The number of nitrogens with zero attached hydrogens (tertiary/aromatic N) is 1. The predicted molar refractivity (Wildman–Crippen MR) is 65.3 cm³/mol. The molecule has 1 aromatic carbocycles. The summed E-state index contributed by atoms with van der Waals surface area (Å²) in [6.07, 6.45) is 2.10. The molecule has 0 aliphatic carbocycles. The van der Waals surface area contributed by atoms with Crippen molar-refractivity contribution >= 4 is 34.2 Å². The van der Waals surface area contributed by atoms with Gasteiger partial charge in [-0.15, -0.1) is 0 Å². The fraction of sp³-hybridized carbons (Fsp3) is 0.364. The molecule has 15 heavy (non-hydrogen) atoms. The molecule has 0 radical (unpaired) electrons. The molecule has 1 amide bonds. The van der Waals surface area contributed by atoms with Crippen molar-refractivity contribution < 1.29 is 9.53 Å². The van der Waals surface area contributed by atoms with Crippen LogP contribution in [-0.4, -0.2) is 19.1 Å². The molecule has 0 saturated heterocycles. The highest BCUT2D eigenvalue weighted by molar-refractivity contribution is 14.1. The van der Waals surface area contributed by atoms with E-state index in [9.17, 15) is 4.79 Å². The standard InChI is InChI=1S/C11H10INO2/c12-8-3-4-9-11-7(8)2-1-5-13(11)10(14)6-15-9/h3-4H,1-2,5-6H2. The fourth-order valence-electron chi connectivity index (χ4n) is 2.23. The summed E-state index contributed by atoms with van der Waals surface area (Å²) in [6, 6.07) is 4.03. The molecule has 4 heteroatoms. The maximum absolute atomic E-state index is 11.7. The van der Waals surface area contributed by atoms with Gasteiger partial charge in [0.25, 0.3) is 5.91 Å². The molecule has 3 rings (SSSR count). The molecular formula is C11H10INO2. The molecule has 0 spiro atoms. The van der Waals surface area contributed by atoms with Gasteiger partial charge in [-0.3, -0.25) is 4.79 Å². The van der Waals surface area contributed by atoms with Gasteiger partial charge in [-0.2, -0.15) is 0 Å². The summed E-state index contributed by atoms with van der Waals surface area (Å²) in [5.74, 6) is 0.954. The molecule has 0 atom stereocenters. The van der Waals surface area contributed by atoms with Crippen molar-refractivity contribution in [3.63, 3.8) is 0 Å². The van der Waals surface area contributed by atoms with E-state index in [2.05, 4.69) is 28.7 Å². The van der Waals surface area contributed by atoms with Gasteiger partial charge in [0, 0.05) is 10.1 Å². The molecule has 1 aromatic rings. The van der Waals surface area contributed by atoms with Crippen LogP contribution in [-0.2, 0) is 11.2 Å². The van der Waals surface area contributed by atoms with Gasteiger partial charge in [0.1, 0.15) is 5.75 Å². The summed E-state index contributed by atoms with van der Waals surface area (Å²) in [5, 5.41) is 0. The van der Waals surface area contributed by atoms with Crippen molar-refractivity contribution in [2.75, 3.05) is 18.1 Å². The van der Waals surface area contributed by atoms with Crippen LogP contribution in [0.25, 0.3) is 0 Å². The molecule has 0 bridgehead atoms. The van der Waals surface area contributed by atoms with Crippen molar-refractivity contribution in [3.05, 3.63) is 21.3 Å². The first-order chi connectivity index (χ1) is 7.27. The van der Waals surface area contributed by atoms with Gasteiger partial charge in [-0.1, -0.05) is 0 Å². The van der Waals surface area contributed by atoms with Gasteiger partial charge in [-0.05, 0) is 53.1 Å². The van der Waals surface area contributed by atoms with Crippen LogP contribution in [0.3, 0.4) is 0 Å². The molecule has 0 saturated carbocycles. The van der Waals surface area contributed by atoms with Gasteiger partial charge >= 0.3 is 0 Å². The number of hydrogen-bond acceptors (Lipinski definition) is 2. The maximum atomic E-state index is 11.7. The minimum absolute atomic E-state index is 0.0884. The summed E-state index contributed by atoms with van der Waals surface area (Å²) >= 11 is 2.32. The Hall–Kier alpha value is -0.780. The third kappa shape index (κ3) is 1.34. The zero-order valence-corrected chi connectivity index (χ0v) is 10.3. The normalized spacial score (nSPS) is 18.5. The first-order valence-corrected chi connectivity index (χ1v) is 6.10. The van der Waals surface area contributed by atoms with E-state index in [1.807, 2.05) is 11.0 Å². The molecule has 0 aromatic heterocycles.